The van der Waals surface area contributed by atoms with Crippen molar-refractivity contribution in [2.45, 2.75) is 33.3 Å². The van der Waals surface area contributed by atoms with Crippen LogP contribution in [0.3, 0.4) is 0 Å². The van der Waals surface area contributed by atoms with E-state index in [0.29, 0.717) is 6.10 Å². The Labute approximate surface area is 124 Å². The third-order valence-electron chi connectivity index (χ3n) is 4.49. The van der Waals surface area contributed by atoms with Crippen molar-refractivity contribution >= 4 is 0 Å². The van der Waals surface area contributed by atoms with Crippen LogP contribution in [0.15, 0.2) is 0 Å². The molecule has 0 aromatic rings. The first kappa shape index (κ1) is 16.2. The van der Waals surface area contributed by atoms with Gasteiger partial charge >= 0.3 is 0 Å². The molecule has 0 amide bonds. The number of ether oxygens (including phenoxy) is 1. The van der Waals surface area contributed by atoms with Crippen LogP contribution in [0.4, 0.5) is 0 Å². The number of nitrogens with zero attached hydrogens (tertiary/aromatic N) is 2. The first-order valence-corrected chi connectivity index (χ1v) is 8.44. The Balaban J connectivity index is 1.63. The highest BCUT2D eigenvalue weighted by Gasteiger charge is 2.27. The maximum atomic E-state index is 5.92. The lowest BCUT2D eigenvalue weighted by atomic mass is 10.1. The minimum atomic E-state index is 0.422. The SMILES string of the molecule is CCN1CCOC(CN2CCC(CNCC(C)C)C2)C1. The smallest absolute Gasteiger partial charge is 0.0829 e. The average Bonchev–Trinajstić information content (AvgIpc) is 2.86. The van der Waals surface area contributed by atoms with Crippen molar-refractivity contribution in [3.05, 3.63) is 0 Å². The summed E-state index contributed by atoms with van der Waals surface area (Å²) >= 11 is 0. The Bertz CT molecular complexity index is 272. The summed E-state index contributed by atoms with van der Waals surface area (Å²) in [6.45, 7) is 17.0. The first-order chi connectivity index (χ1) is 9.67. The Hall–Kier alpha value is -0.160. The zero-order valence-corrected chi connectivity index (χ0v) is 13.6. The molecular weight excluding hydrogens is 250 g/mol. The molecular formula is C16H33N3O. The van der Waals surface area contributed by atoms with Crippen LogP contribution in [0.25, 0.3) is 0 Å². The second kappa shape index (κ2) is 8.32. The number of likely N-dealkylation sites (tertiary alicyclic amines) is 1. The zero-order valence-electron chi connectivity index (χ0n) is 13.6. The van der Waals surface area contributed by atoms with Gasteiger partial charge in [-0.2, -0.15) is 0 Å². The molecule has 0 aromatic heterocycles. The molecule has 0 bridgehead atoms. The predicted molar refractivity (Wildman–Crippen MR) is 84.1 cm³/mol. The van der Waals surface area contributed by atoms with Crippen LogP contribution in [-0.2, 0) is 4.74 Å². The summed E-state index contributed by atoms with van der Waals surface area (Å²) in [5, 5.41) is 3.60. The van der Waals surface area contributed by atoms with Gasteiger partial charge in [0.2, 0.25) is 0 Å². The number of rotatable bonds is 7. The topological polar surface area (TPSA) is 27.7 Å². The van der Waals surface area contributed by atoms with Crippen LogP contribution in [0.5, 0.6) is 0 Å². The second-order valence-electron chi connectivity index (χ2n) is 6.85. The van der Waals surface area contributed by atoms with Gasteiger partial charge in [0.15, 0.2) is 0 Å². The Morgan fingerprint density at radius 3 is 2.80 bits per heavy atom. The van der Waals surface area contributed by atoms with Gasteiger partial charge in [-0.25, -0.2) is 0 Å². The van der Waals surface area contributed by atoms with Gasteiger partial charge in [-0.3, -0.25) is 4.90 Å². The van der Waals surface area contributed by atoms with E-state index < -0.39 is 0 Å². The number of hydrogen-bond donors (Lipinski definition) is 1. The zero-order chi connectivity index (χ0) is 14.4. The summed E-state index contributed by atoms with van der Waals surface area (Å²) in [6.07, 6.45) is 1.76. The minimum absolute atomic E-state index is 0.422. The average molecular weight is 283 g/mol. The molecule has 0 saturated carbocycles. The largest absolute Gasteiger partial charge is 0.374 e. The Morgan fingerprint density at radius 1 is 1.20 bits per heavy atom. The maximum absolute atomic E-state index is 5.92. The summed E-state index contributed by atoms with van der Waals surface area (Å²) in [6, 6.07) is 0. The Kier molecular flexibility index (Phi) is 6.75. The summed E-state index contributed by atoms with van der Waals surface area (Å²) in [5.41, 5.74) is 0. The molecule has 0 aromatic carbocycles. The number of hydrogen-bond acceptors (Lipinski definition) is 4. The van der Waals surface area contributed by atoms with E-state index in [1.54, 1.807) is 0 Å². The molecule has 0 aliphatic carbocycles. The van der Waals surface area contributed by atoms with Gasteiger partial charge in [0.05, 0.1) is 12.7 Å². The molecule has 2 aliphatic rings. The quantitative estimate of drug-likeness (QED) is 0.762. The van der Waals surface area contributed by atoms with Gasteiger partial charge in [-0.15, -0.1) is 0 Å². The fourth-order valence-electron chi connectivity index (χ4n) is 3.29. The van der Waals surface area contributed by atoms with E-state index in [9.17, 15) is 0 Å². The first-order valence-electron chi connectivity index (χ1n) is 8.44. The molecule has 1 N–H and O–H groups in total. The number of nitrogens with one attached hydrogen (secondary N) is 1. The minimum Gasteiger partial charge on any atom is -0.374 e. The highest BCUT2D eigenvalue weighted by molar-refractivity contribution is 4.81. The van der Waals surface area contributed by atoms with E-state index in [-0.39, 0.29) is 0 Å². The third-order valence-corrected chi connectivity index (χ3v) is 4.49. The molecule has 4 heteroatoms. The van der Waals surface area contributed by atoms with Gasteiger partial charge in [0.1, 0.15) is 0 Å². The number of likely N-dealkylation sites (N-methyl/N-ethyl adjacent to an activating group) is 1. The molecule has 0 spiro atoms. The fourth-order valence-corrected chi connectivity index (χ4v) is 3.29. The van der Waals surface area contributed by atoms with Gasteiger partial charge in [-0.1, -0.05) is 20.8 Å². The number of morpholine rings is 1. The lowest BCUT2D eigenvalue weighted by molar-refractivity contribution is -0.0395. The van der Waals surface area contributed by atoms with Crippen LogP contribution < -0.4 is 5.32 Å². The molecule has 2 unspecified atom stereocenters. The monoisotopic (exact) mass is 283 g/mol. The van der Waals surface area contributed by atoms with Crippen molar-refractivity contribution in [3.8, 4) is 0 Å². The van der Waals surface area contributed by atoms with E-state index in [1.165, 1.54) is 26.1 Å². The van der Waals surface area contributed by atoms with E-state index in [4.69, 9.17) is 4.74 Å². The van der Waals surface area contributed by atoms with Crippen LogP contribution in [0.1, 0.15) is 27.2 Å². The van der Waals surface area contributed by atoms with Crippen molar-refractivity contribution in [1.29, 1.82) is 0 Å². The second-order valence-corrected chi connectivity index (χ2v) is 6.85. The van der Waals surface area contributed by atoms with Crippen molar-refractivity contribution < 1.29 is 4.74 Å². The van der Waals surface area contributed by atoms with Crippen LogP contribution in [0.2, 0.25) is 0 Å². The molecule has 2 atom stereocenters. The summed E-state index contributed by atoms with van der Waals surface area (Å²) in [7, 11) is 0. The van der Waals surface area contributed by atoms with E-state index in [2.05, 4.69) is 35.9 Å². The van der Waals surface area contributed by atoms with E-state index >= 15 is 0 Å². The van der Waals surface area contributed by atoms with Gasteiger partial charge < -0.3 is 15.0 Å². The van der Waals surface area contributed by atoms with Crippen LogP contribution >= 0.6 is 0 Å². The predicted octanol–water partition coefficient (Wildman–Crippen LogP) is 1.27. The summed E-state index contributed by atoms with van der Waals surface area (Å²) in [5.74, 6) is 1.59. The molecule has 20 heavy (non-hydrogen) atoms. The van der Waals surface area contributed by atoms with Crippen LogP contribution in [0, 0.1) is 11.8 Å². The summed E-state index contributed by atoms with van der Waals surface area (Å²) in [4.78, 5) is 5.11. The van der Waals surface area contributed by atoms with Crippen molar-refractivity contribution in [3.63, 3.8) is 0 Å². The molecule has 0 radical (unpaired) electrons. The lowest BCUT2D eigenvalue weighted by Gasteiger charge is -2.34. The Morgan fingerprint density at radius 2 is 2.05 bits per heavy atom. The van der Waals surface area contributed by atoms with Crippen molar-refractivity contribution in [2.75, 3.05) is 59.0 Å². The van der Waals surface area contributed by atoms with Crippen molar-refractivity contribution in [1.82, 2.24) is 15.1 Å². The molecule has 4 nitrogen and oxygen atoms in total. The molecule has 2 fully saturated rings. The molecule has 2 aliphatic heterocycles. The highest BCUT2D eigenvalue weighted by atomic mass is 16.5. The molecule has 2 saturated heterocycles. The van der Waals surface area contributed by atoms with E-state index in [1.807, 2.05) is 0 Å². The third kappa shape index (κ3) is 5.32. The standard InChI is InChI=1S/C16H33N3O/c1-4-18-7-8-20-16(12-18)13-19-6-5-15(11-19)10-17-9-14(2)3/h14-17H,4-13H2,1-3H3. The highest BCUT2D eigenvalue weighted by Crippen LogP contribution is 2.17. The summed E-state index contributed by atoms with van der Waals surface area (Å²) < 4.78 is 5.92. The molecule has 2 rings (SSSR count). The maximum Gasteiger partial charge on any atom is 0.0829 e. The van der Waals surface area contributed by atoms with E-state index in [0.717, 1.165) is 51.2 Å². The fraction of sp³-hybridized carbons (Fsp3) is 1.00. The van der Waals surface area contributed by atoms with Crippen molar-refractivity contribution in [2.24, 2.45) is 11.8 Å². The molecule has 118 valence electrons. The lowest BCUT2D eigenvalue weighted by Crippen LogP contribution is -2.47. The van der Waals surface area contributed by atoms with Gasteiger partial charge in [-0.05, 0) is 44.4 Å². The van der Waals surface area contributed by atoms with Gasteiger partial charge in [0.25, 0.3) is 0 Å². The van der Waals surface area contributed by atoms with Crippen LogP contribution in [-0.4, -0.2) is 74.9 Å². The molecule has 2 heterocycles. The van der Waals surface area contributed by atoms with Gasteiger partial charge in [0, 0.05) is 26.2 Å². The normalized spacial score (nSPS) is 29.4.